The molecule has 120 valence electrons. The molecule has 1 saturated heterocycles. The number of aliphatic carboxylic acids is 1. The number of carbonyl (C=O) groups is 1. The van der Waals surface area contributed by atoms with Crippen LogP contribution in [0.1, 0.15) is 25.3 Å². The number of sulfonamides is 1. The molecule has 1 aliphatic heterocycles. The van der Waals surface area contributed by atoms with E-state index in [1.54, 1.807) is 6.92 Å². The summed E-state index contributed by atoms with van der Waals surface area (Å²) in [7, 11) is -4.08. The lowest BCUT2D eigenvalue weighted by molar-refractivity contribution is -0.385. The molecule has 0 aromatic heterocycles. The fourth-order valence-corrected chi connectivity index (χ4v) is 4.56. The molecule has 0 radical (unpaired) electrons. The van der Waals surface area contributed by atoms with Crippen LogP contribution in [-0.4, -0.2) is 41.3 Å². The largest absolute Gasteiger partial charge is 0.480 e. The molecule has 1 heterocycles. The second-order valence-electron chi connectivity index (χ2n) is 5.01. The van der Waals surface area contributed by atoms with Crippen molar-refractivity contribution in [3.8, 4) is 0 Å². The third-order valence-electron chi connectivity index (χ3n) is 3.72. The van der Waals surface area contributed by atoms with Gasteiger partial charge in [0.2, 0.25) is 10.0 Å². The highest BCUT2D eigenvalue weighted by atomic mass is 32.2. The van der Waals surface area contributed by atoms with Crippen LogP contribution in [0.15, 0.2) is 23.1 Å². The quantitative estimate of drug-likeness (QED) is 0.644. The van der Waals surface area contributed by atoms with Crippen LogP contribution in [0.4, 0.5) is 5.69 Å². The molecule has 1 atom stereocenters. The fourth-order valence-electron chi connectivity index (χ4n) is 2.59. The molecule has 1 aliphatic rings. The molecule has 1 N–H and O–H groups in total. The minimum absolute atomic E-state index is 0.102. The van der Waals surface area contributed by atoms with Crippen molar-refractivity contribution in [3.05, 3.63) is 33.9 Å². The fraction of sp³-hybridized carbons (Fsp3) is 0.462. The molecule has 0 amide bonds. The van der Waals surface area contributed by atoms with Crippen LogP contribution in [0.5, 0.6) is 0 Å². The minimum atomic E-state index is -4.08. The third-order valence-corrected chi connectivity index (χ3v) is 5.71. The standard InChI is InChI=1S/C13H16N2O6S/c1-2-9-5-6-10(15(18)19)8-12(9)22(20,21)14-7-3-4-11(14)13(16)17/h5-6,8,11H,2-4,7H2,1H3,(H,16,17)/t11-/m0/s1. The van der Waals surface area contributed by atoms with E-state index >= 15 is 0 Å². The second-order valence-corrected chi connectivity index (χ2v) is 6.87. The number of rotatable bonds is 5. The van der Waals surface area contributed by atoms with E-state index in [4.69, 9.17) is 5.11 Å². The molecule has 0 saturated carbocycles. The highest BCUT2D eigenvalue weighted by Crippen LogP contribution is 2.30. The lowest BCUT2D eigenvalue weighted by Gasteiger charge is -2.22. The van der Waals surface area contributed by atoms with E-state index in [0.717, 1.165) is 10.4 Å². The number of non-ortho nitro benzene ring substituents is 1. The van der Waals surface area contributed by atoms with Crippen molar-refractivity contribution in [2.75, 3.05) is 6.54 Å². The Balaban J connectivity index is 2.55. The lowest BCUT2D eigenvalue weighted by atomic mass is 10.1. The number of benzene rings is 1. The van der Waals surface area contributed by atoms with Crippen LogP contribution in [0, 0.1) is 10.1 Å². The highest BCUT2D eigenvalue weighted by molar-refractivity contribution is 7.89. The Bertz CT molecular complexity index is 715. The zero-order chi connectivity index (χ0) is 16.5. The molecule has 9 heteroatoms. The van der Waals surface area contributed by atoms with Crippen LogP contribution < -0.4 is 0 Å². The Morgan fingerprint density at radius 1 is 1.50 bits per heavy atom. The maximum absolute atomic E-state index is 12.7. The molecule has 1 aromatic carbocycles. The molecule has 0 unspecified atom stereocenters. The summed E-state index contributed by atoms with van der Waals surface area (Å²) in [5.74, 6) is -1.20. The van der Waals surface area contributed by atoms with E-state index in [0.29, 0.717) is 18.4 Å². The number of nitro groups is 1. The molecule has 0 aliphatic carbocycles. The van der Waals surface area contributed by atoms with E-state index in [9.17, 15) is 23.3 Å². The number of nitrogens with zero attached hydrogens (tertiary/aromatic N) is 2. The van der Waals surface area contributed by atoms with Crippen LogP contribution in [0.3, 0.4) is 0 Å². The Labute approximate surface area is 127 Å². The normalized spacial score (nSPS) is 19.2. The predicted molar refractivity (Wildman–Crippen MR) is 77.0 cm³/mol. The van der Waals surface area contributed by atoms with Gasteiger partial charge in [0.25, 0.3) is 5.69 Å². The van der Waals surface area contributed by atoms with E-state index < -0.39 is 27.0 Å². The Morgan fingerprint density at radius 3 is 2.73 bits per heavy atom. The molecule has 0 bridgehead atoms. The summed E-state index contributed by atoms with van der Waals surface area (Å²) in [4.78, 5) is 21.2. The summed E-state index contributed by atoms with van der Waals surface area (Å²) < 4.78 is 26.4. The second kappa shape index (κ2) is 6.01. The first kappa shape index (κ1) is 16.4. The summed E-state index contributed by atoms with van der Waals surface area (Å²) in [6, 6.07) is 2.53. The van der Waals surface area contributed by atoms with Crippen LogP contribution >= 0.6 is 0 Å². The first-order valence-corrected chi connectivity index (χ1v) is 8.25. The van der Waals surface area contributed by atoms with Gasteiger partial charge < -0.3 is 5.11 Å². The molecule has 2 rings (SSSR count). The predicted octanol–water partition coefficient (Wildman–Crippen LogP) is 1.39. The highest BCUT2D eigenvalue weighted by Gasteiger charge is 2.40. The Kier molecular flexibility index (Phi) is 4.47. The minimum Gasteiger partial charge on any atom is -0.480 e. The van der Waals surface area contributed by atoms with Crippen molar-refractivity contribution in [3.63, 3.8) is 0 Å². The van der Waals surface area contributed by atoms with Crippen LogP contribution in [0.25, 0.3) is 0 Å². The number of hydrogen-bond acceptors (Lipinski definition) is 5. The third kappa shape index (κ3) is 2.81. The maximum atomic E-state index is 12.7. The maximum Gasteiger partial charge on any atom is 0.322 e. The van der Waals surface area contributed by atoms with Crippen molar-refractivity contribution < 1.29 is 23.2 Å². The summed E-state index contributed by atoms with van der Waals surface area (Å²) in [5.41, 5.74) is 0.100. The average molecular weight is 328 g/mol. The number of carboxylic acid groups (broad SMARTS) is 1. The van der Waals surface area contributed by atoms with Gasteiger partial charge in [0.15, 0.2) is 0 Å². The van der Waals surface area contributed by atoms with Crippen molar-refractivity contribution in [1.29, 1.82) is 0 Å². The smallest absolute Gasteiger partial charge is 0.322 e. The SMILES string of the molecule is CCc1ccc([N+](=O)[O-])cc1S(=O)(=O)N1CCC[C@H]1C(=O)O. The summed E-state index contributed by atoms with van der Waals surface area (Å²) in [6.45, 7) is 1.84. The molecular weight excluding hydrogens is 312 g/mol. The van der Waals surface area contributed by atoms with E-state index in [-0.39, 0.29) is 23.5 Å². The van der Waals surface area contributed by atoms with Crippen LogP contribution in [0.2, 0.25) is 0 Å². The van der Waals surface area contributed by atoms with Crippen LogP contribution in [-0.2, 0) is 21.2 Å². The molecule has 22 heavy (non-hydrogen) atoms. The number of aryl methyl sites for hydroxylation is 1. The molecule has 1 fully saturated rings. The summed E-state index contributed by atoms with van der Waals surface area (Å²) in [6.07, 6.45) is 1.07. The van der Waals surface area contributed by atoms with Gasteiger partial charge in [-0.1, -0.05) is 13.0 Å². The number of hydrogen-bond donors (Lipinski definition) is 1. The molecule has 8 nitrogen and oxygen atoms in total. The van der Waals surface area contributed by atoms with Gasteiger partial charge in [-0.05, 0) is 24.8 Å². The van der Waals surface area contributed by atoms with Gasteiger partial charge >= 0.3 is 5.97 Å². The molecule has 1 aromatic rings. The van der Waals surface area contributed by atoms with E-state index in [2.05, 4.69) is 0 Å². The van der Waals surface area contributed by atoms with Gasteiger partial charge in [-0.25, -0.2) is 8.42 Å². The molecule has 0 spiro atoms. The van der Waals surface area contributed by atoms with Gasteiger partial charge in [-0.3, -0.25) is 14.9 Å². The Hall–Kier alpha value is -2.00. The van der Waals surface area contributed by atoms with Crippen molar-refractivity contribution in [2.24, 2.45) is 0 Å². The first-order chi connectivity index (χ1) is 10.3. The monoisotopic (exact) mass is 328 g/mol. The molecular formula is C13H16N2O6S. The topological polar surface area (TPSA) is 118 Å². The number of carboxylic acids is 1. The van der Waals surface area contributed by atoms with Gasteiger partial charge in [-0.15, -0.1) is 0 Å². The zero-order valence-corrected chi connectivity index (χ0v) is 12.7. The van der Waals surface area contributed by atoms with Gasteiger partial charge in [0.05, 0.1) is 9.82 Å². The van der Waals surface area contributed by atoms with Crippen molar-refractivity contribution >= 4 is 21.7 Å². The summed E-state index contributed by atoms with van der Waals surface area (Å²) in [5, 5.41) is 20.0. The average Bonchev–Trinajstić information content (AvgIpc) is 2.96. The van der Waals surface area contributed by atoms with Crippen molar-refractivity contribution in [1.82, 2.24) is 4.31 Å². The van der Waals surface area contributed by atoms with Crippen molar-refractivity contribution in [2.45, 2.75) is 37.1 Å². The van der Waals surface area contributed by atoms with Gasteiger partial charge in [0.1, 0.15) is 6.04 Å². The van der Waals surface area contributed by atoms with E-state index in [1.165, 1.54) is 12.1 Å². The van der Waals surface area contributed by atoms with E-state index in [1.807, 2.05) is 0 Å². The Morgan fingerprint density at radius 2 is 2.18 bits per heavy atom. The summed E-state index contributed by atoms with van der Waals surface area (Å²) >= 11 is 0. The number of nitro benzene ring substituents is 1. The first-order valence-electron chi connectivity index (χ1n) is 6.81. The lowest BCUT2D eigenvalue weighted by Crippen LogP contribution is -2.40. The van der Waals surface area contributed by atoms with Gasteiger partial charge in [0, 0.05) is 18.7 Å². The zero-order valence-electron chi connectivity index (χ0n) is 11.9. The van der Waals surface area contributed by atoms with Gasteiger partial charge in [-0.2, -0.15) is 4.31 Å².